The molecule has 1 aromatic carbocycles. The molecule has 202 valence electrons. The van der Waals surface area contributed by atoms with Gasteiger partial charge in [0.15, 0.2) is 5.60 Å². The zero-order valence-electron chi connectivity index (χ0n) is 20.4. The van der Waals surface area contributed by atoms with Crippen molar-refractivity contribution in [1.29, 1.82) is 0 Å². The van der Waals surface area contributed by atoms with Crippen molar-refractivity contribution in [3.8, 4) is 0 Å². The molecule has 0 amide bonds. The number of rotatable bonds is 12. The third-order valence-electron chi connectivity index (χ3n) is 6.40. The summed E-state index contributed by atoms with van der Waals surface area (Å²) in [7, 11) is 0. The Morgan fingerprint density at radius 1 is 0.946 bits per heavy atom. The summed E-state index contributed by atoms with van der Waals surface area (Å²) in [5.74, 6) is -5.02. The molecule has 10 nitrogen and oxygen atoms in total. The number of aliphatic carboxylic acids is 3. The van der Waals surface area contributed by atoms with Gasteiger partial charge < -0.3 is 25.5 Å². The van der Waals surface area contributed by atoms with E-state index in [-0.39, 0.29) is 12.0 Å². The molecule has 11 heteroatoms. The lowest BCUT2D eigenvalue weighted by Gasteiger charge is -2.36. The van der Waals surface area contributed by atoms with E-state index in [1.54, 1.807) is 0 Å². The Kier molecular flexibility index (Phi) is 11.4. The first-order chi connectivity index (χ1) is 17.5. The summed E-state index contributed by atoms with van der Waals surface area (Å²) in [4.78, 5) is 36.9. The Morgan fingerprint density at radius 2 is 1.49 bits per heavy atom. The van der Waals surface area contributed by atoms with Crippen LogP contribution in [0.5, 0.6) is 0 Å². The van der Waals surface area contributed by atoms with Crippen LogP contribution >= 0.6 is 11.6 Å². The molecule has 0 unspecified atom stereocenters. The van der Waals surface area contributed by atoms with Gasteiger partial charge in [-0.2, -0.15) is 0 Å². The number of carboxylic acids is 3. The van der Waals surface area contributed by atoms with Crippen LogP contribution in [0.3, 0.4) is 0 Å². The molecule has 0 spiro atoms. The van der Waals surface area contributed by atoms with Crippen molar-refractivity contribution < 1.29 is 39.9 Å². The second-order valence-corrected chi connectivity index (χ2v) is 9.70. The third-order valence-corrected chi connectivity index (χ3v) is 6.65. The van der Waals surface area contributed by atoms with Gasteiger partial charge in [-0.25, -0.2) is 4.79 Å². The number of pyridine rings is 1. The molecule has 0 radical (unpaired) electrons. The standard InChI is InChI=1S/C20H25ClN2O.C6H8O7/c21-19-5-3-18(4-6-19)20(9-1-2-10-20)16-23(13-14-24)15-17-7-11-22-12-8-17;7-3(8)1-6(13,5(11)12)2-4(9)10/h3-8,11-12,24H,1-2,9-10,13-16H2;13H,1-2H2,(H,7,8)(H,9,10)(H,11,12). The molecule has 1 saturated carbocycles. The lowest BCUT2D eigenvalue weighted by atomic mass is 9.78. The van der Waals surface area contributed by atoms with Crippen molar-refractivity contribution in [2.45, 2.75) is 56.1 Å². The summed E-state index contributed by atoms with van der Waals surface area (Å²) in [6, 6.07) is 12.4. The highest BCUT2D eigenvalue weighted by Gasteiger charge is 2.41. The number of hydrogen-bond donors (Lipinski definition) is 5. The third kappa shape index (κ3) is 9.40. The topological polar surface area (TPSA) is 168 Å². The maximum absolute atomic E-state index is 10.3. The van der Waals surface area contributed by atoms with E-state index in [1.165, 1.54) is 36.8 Å². The van der Waals surface area contributed by atoms with Gasteiger partial charge in [-0.05, 0) is 48.2 Å². The Morgan fingerprint density at radius 3 is 1.95 bits per heavy atom. The van der Waals surface area contributed by atoms with E-state index in [2.05, 4.69) is 22.0 Å². The number of hydrogen-bond acceptors (Lipinski definition) is 7. The zero-order valence-corrected chi connectivity index (χ0v) is 21.2. The molecule has 1 aliphatic carbocycles. The first-order valence-corrected chi connectivity index (χ1v) is 12.2. The molecule has 0 bridgehead atoms. The van der Waals surface area contributed by atoms with Crippen LogP contribution < -0.4 is 0 Å². The van der Waals surface area contributed by atoms with E-state index >= 15 is 0 Å². The fraction of sp³-hybridized carbons (Fsp3) is 0.462. The van der Waals surface area contributed by atoms with Crippen LogP contribution in [-0.2, 0) is 26.3 Å². The quantitative estimate of drug-likeness (QED) is 0.272. The van der Waals surface area contributed by atoms with E-state index in [1.807, 2.05) is 36.7 Å². The Hall–Kier alpha value is -3.05. The Bertz CT molecular complexity index is 1010. The molecule has 2 aromatic rings. The van der Waals surface area contributed by atoms with Crippen molar-refractivity contribution >= 4 is 29.5 Å². The van der Waals surface area contributed by atoms with E-state index in [9.17, 15) is 19.5 Å². The summed E-state index contributed by atoms with van der Waals surface area (Å²) in [6.45, 7) is 2.69. The minimum absolute atomic E-state index is 0.173. The van der Waals surface area contributed by atoms with Gasteiger partial charge in [0, 0.05) is 42.5 Å². The van der Waals surface area contributed by atoms with Crippen LogP contribution in [0.2, 0.25) is 5.02 Å². The summed E-state index contributed by atoms with van der Waals surface area (Å²) < 4.78 is 0. The Balaban J connectivity index is 0.000000317. The van der Waals surface area contributed by atoms with Gasteiger partial charge in [-0.3, -0.25) is 19.5 Å². The van der Waals surface area contributed by atoms with Crippen LogP contribution in [0.15, 0.2) is 48.8 Å². The number of benzene rings is 1. The fourth-order valence-electron chi connectivity index (χ4n) is 4.64. The monoisotopic (exact) mass is 536 g/mol. The largest absolute Gasteiger partial charge is 0.481 e. The van der Waals surface area contributed by atoms with Gasteiger partial charge in [0.2, 0.25) is 0 Å². The van der Waals surface area contributed by atoms with Crippen LogP contribution in [0.1, 0.15) is 49.7 Å². The highest BCUT2D eigenvalue weighted by atomic mass is 35.5. The lowest BCUT2D eigenvalue weighted by Crippen LogP contribution is -2.42. The molecule has 0 atom stereocenters. The maximum Gasteiger partial charge on any atom is 0.336 e. The van der Waals surface area contributed by atoms with E-state index in [0.29, 0.717) is 6.54 Å². The van der Waals surface area contributed by atoms with Gasteiger partial charge in [0.05, 0.1) is 19.4 Å². The average molecular weight is 537 g/mol. The second kappa shape index (κ2) is 14.0. The van der Waals surface area contributed by atoms with Crippen LogP contribution in [0.25, 0.3) is 0 Å². The van der Waals surface area contributed by atoms with Crippen molar-refractivity contribution in [1.82, 2.24) is 9.88 Å². The normalized spacial score (nSPS) is 14.6. The second-order valence-electron chi connectivity index (χ2n) is 9.26. The van der Waals surface area contributed by atoms with E-state index in [4.69, 9.17) is 32.0 Å². The smallest absolute Gasteiger partial charge is 0.336 e. The molecule has 1 heterocycles. The molecular weight excluding hydrogens is 504 g/mol. The summed E-state index contributed by atoms with van der Waals surface area (Å²) >= 11 is 6.08. The van der Waals surface area contributed by atoms with Crippen molar-refractivity contribution in [3.05, 3.63) is 64.9 Å². The van der Waals surface area contributed by atoms with E-state index < -0.39 is 36.4 Å². The Labute approximate surface area is 220 Å². The zero-order chi connectivity index (χ0) is 27.5. The molecule has 0 saturated heterocycles. The first-order valence-electron chi connectivity index (χ1n) is 11.9. The SMILES string of the molecule is O=C(O)CC(O)(CC(=O)O)C(=O)O.OCCN(Cc1ccncc1)CC1(c2ccc(Cl)cc2)CCCC1. The van der Waals surface area contributed by atoms with Gasteiger partial charge in [0.25, 0.3) is 0 Å². The molecule has 1 fully saturated rings. The van der Waals surface area contributed by atoms with Gasteiger partial charge in [-0.1, -0.05) is 36.6 Å². The van der Waals surface area contributed by atoms with Gasteiger partial charge in [0.1, 0.15) is 0 Å². The fourth-order valence-corrected chi connectivity index (χ4v) is 4.76. The predicted molar refractivity (Wildman–Crippen MR) is 135 cm³/mol. The molecule has 0 aliphatic heterocycles. The number of carbonyl (C=O) groups is 3. The number of halogens is 1. The lowest BCUT2D eigenvalue weighted by molar-refractivity contribution is -0.170. The minimum Gasteiger partial charge on any atom is -0.481 e. The highest BCUT2D eigenvalue weighted by Crippen LogP contribution is 2.42. The van der Waals surface area contributed by atoms with Crippen molar-refractivity contribution in [2.24, 2.45) is 0 Å². The number of carboxylic acid groups (broad SMARTS) is 3. The summed E-state index contributed by atoms with van der Waals surface area (Å²) in [5, 5.41) is 44.1. The molecular formula is C26H33ClN2O8. The molecule has 5 N–H and O–H groups in total. The minimum atomic E-state index is -2.74. The predicted octanol–water partition coefficient (Wildman–Crippen LogP) is 2.79. The molecule has 3 rings (SSSR count). The molecule has 37 heavy (non-hydrogen) atoms. The van der Waals surface area contributed by atoms with Gasteiger partial charge in [-0.15, -0.1) is 0 Å². The summed E-state index contributed by atoms with van der Waals surface area (Å²) in [6.07, 6.45) is 6.31. The van der Waals surface area contributed by atoms with Gasteiger partial charge >= 0.3 is 17.9 Å². The maximum atomic E-state index is 10.3. The number of aliphatic hydroxyl groups excluding tert-OH is 1. The van der Waals surface area contributed by atoms with Crippen molar-refractivity contribution in [3.63, 3.8) is 0 Å². The first kappa shape index (κ1) is 30.2. The number of aliphatic hydroxyl groups is 2. The van der Waals surface area contributed by atoms with Crippen LogP contribution in [-0.4, -0.2) is 78.6 Å². The summed E-state index contributed by atoms with van der Waals surface area (Å²) in [5.41, 5.74) is 0.0505. The van der Waals surface area contributed by atoms with Crippen LogP contribution in [0, 0.1) is 0 Å². The molecule has 1 aromatic heterocycles. The average Bonchev–Trinajstić information content (AvgIpc) is 3.29. The highest BCUT2D eigenvalue weighted by molar-refractivity contribution is 6.30. The van der Waals surface area contributed by atoms with Crippen molar-refractivity contribution in [2.75, 3.05) is 19.7 Å². The number of nitrogens with zero attached hydrogens (tertiary/aromatic N) is 2. The number of aromatic nitrogens is 1. The molecule has 1 aliphatic rings. The van der Waals surface area contributed by atoms with Crippen LogP contribution in [0.4, 0.5) is 0 Å². The van der Waals surface area contributed by atoms with E-state index in [0.717, 1.165) is 18.1 Å².